The Morgan fingerprint density at radius 1 is 1.38 bits per heavy atom. The van der Waals surface area contributed by atoms with Gasteiger partial charge in [-0.3, -0.25) is 0 Å². The lowest BCUT2D eigenvalue weighted by Crippen LogP contribution is -2.18. The molecule has 0 aliphatic heterocycles. The van der Waals surface area contributed by atoms with Crippen molar-refractivity contribution >= 4 is 21.6 Å². The minimum atomic E-state index is -3.43. The number of nitrogens with one attached hydrogen (secondary N) is 1. The van der Waals surface area contributed by atoms with Crippen LogP contribution >= 0.6 is 11.6 Å². The van der Waals surface area contributed by atoms with Gasteiger partial charge in [-0.1, -0.05) is 17.7 Å². The first-order valence-electron chi connectivity index (χ1n) is 3.67. The first-order valence-corrected chi connectivity index (χ1v) is 5.53. The molecule has 0 atom stereocenters. The monoisotopic (exact) mass is 219 g/mol. The second-order valence-corrected chi connectivity index (χ2v) is 4.90. The van der Waals surface area contributed by atoms with Crippen LogP contribution in [0.25, 0.3) is 0 Å². The number of halogens is 1. The number of hydrogen-bond acceptors (Lipinski definition) is 2. The Morgan fingerprint density at radius 3 is 2.46 bits per heavy atom. The van der Waals surface area contributed by atoms with Crippen molar-refractivity contribution in [2.45, 2.75) is 11.8 Å². The summed E-state index contributed by atoms with van der Waals surface area (Å²) in [6, 6.07) is 4.81. The highest BCUT2D eigenvalue weighted by Crippen LogP contribution is 2.21. The highest BCUT2D eigenvalue weighted by Gasteiger charge is 2.14. The van der Waals surface area contributed by atoms with Crippen molar-refractivity contribution in [2.24, 2.45) is 0 Å². The Labute approximate surface area is 82.8 Å². The molecule has 3 nitrogen and oxygen atoms in total. The van der Waals surface area contributed by atoms with Gasteiger partial charge in [-0.05, 0) is 31.7 Å². The van der Waals surface area contributed by atoms with Crippen molar-refractivity contribution in [3.8, 4) is 0 Å². The summed E-state index contributed by atoms with van der Waals surface area (Å²) in [5, 5.41) is 0.245. The Bertz CT molecular complexity index is 414. The summed E-state index contributed by atoms with van der Waals surface area (Å²) in [6.07, 6.45) is 0. The molecule has 0 amide bonds. The smallest absolute Gasteiger partial charge is 0.214 e. The van der Waals surface area contributed by atoms with Crippen molar-refractivity contribution in [3.63, 3.8) is 0 Å². The molecule has 0 radical (unpaired) electrons. The van der Waals surface area contributed by atoms with E-state index in [1.807, 2.05) is 6.92 Å². The number of sulfonamides is 1. The molecule has 0 aliphatic rings. The fourth-order valence-electron chi connectivity index (χ4n) is 0.934. The third kappa shape index (κ3) is 2.21. The van der Waals surface area contributed by atoms with Gasteiger partial charge in [0.05, 0.1) is 5.02 Å². The zero-order chi connectivity index (χ0) is 10.1. The van der Waals surface area contributed by atoms with Crippen LogP contribution in [-0.2, 0) is 10.0 Å². The molecule has 1 N–H and O–H groups in total. The Kier molecular flexibility index (Phi) is 2.95. The van der Waals surface area contributed by atoms with Gasteiger partial charge in [-0.15, -0.1) is 0 Å². The Balaban J connectivity index is 3.33. The van der Waals surface area contributed by atoms with E-state index < -0.39 is 10.0 Å². The molecule has 0 saturated heterocycles. The first kappa shape index (κ1) is 10.5. The van der Waals surface area contributed by atoms with E-state index in [-0.39, 0.29) is 9.92 Å². The molecule has 72 valence electrons. The van der Waals surface area contributed by atoms with E-state index in [9.17, 15) is 8.42 Å². The summed E-state index contributed by atoms with van der Waals surface area (Å²) in [5.41, 5.74) is 0.931. The Morgan fingerprint density at radius 2 is 2.00 bits per heavy atom. The molecule has 0 saturated carbocycles. The van der Waals surface area contributed by atoms with Crippen molar-refractivity contribution < 1.29 is 8.42 Å². The van der Waals surface area contributed by atoms with Crippen LogP contribution < -0.4 is 4.72 Å². The number of aryl methyl sites for hydroxylation is 1. The predicted octanol–water partition coefficient (Wildman–Crippen LogP) is 1.56. The van der Waals surface area contributed by atoms with Crippen molar-refractivity contribution in [1.29, 1.82) is 0 Å². The number of benzene rings is 1. The van der Waals surface area contributed by atoms with Crippen LogP contribution in [0.4, 0.5) is 0 Å². The average molecular weight is 220 g/mol. The van der Waals surface area contributed by atoms with Gasteiger partial charge in [-0.2, -0.15) is 0 Å². The molecule has 0 aromatic heterocycles. The average Bonchev–Trinajstić information content (AvgIpc) is 2.03. The minimum Gasteiger partial charge on any atom is -0.214 e. The quantitative estimate of drug-likeness (QED) is 0.821. The van der Waals surface area contributed by atoms with Crippen LogP contribution in [0.5, 0.6) is 0 Å². The number of rotatable bonds is 2. The van der Waals surface area contributed by atoms with E-state index in [2.05, 4.69) is 4.72 Å². The summed E-state index contributed by atoms with van der Waals surface area (Å²) in [5.74, 6) is 0. The molecule has 1 rings (SSSR count). The van der Waals surface area contributed by atoms with Crippen molar-refractivity contribution in [2.75, 3.05) is 7.05 Å². The van der Waals surface area contributed by atoms with Crippen LogP contribution in [0.15, 0.2) is 23.1 Å². The van der Waals surface area contributed by atoms with E-state index >= 15 is 0 Å². The van der Waals surface area contributed by atoms with Crippen LogP contribution in [0.2, 0.25) is 5.02 Å². The molecule has 1 aromatic carbocycles. The summed E-state index contributed by atoms with van der Waals surface area (Å²) >= 11 is 5.77. The van der Waals surface area contributed by atoms with Gasteiger partial charge in [0.25, 0.3) is 0 Å². The zero-order valence-electron chi connectivity index (χ0n) is 7.33. The fraction of sp³-hybridized carbons (Fsp3) is 0.250. The fourth-order valence-corrected chi connectivity index (χ4v) is 2.26. The second kappa shape index (κ2) is 3.65. The molecular formula is C8H10ClNO2S. The van der Waals surface area contributed by atoms with Gasteiger partial charge >= 0.3 is 0 Å². The lowest BCUT2D eigenvalue weighted by Gasteiger charge is -2.04. The molecule has 0 spiro atoms. The Hall–Kier alpha value is -0.580. The highest BCUT2D eigenvalue weighted by atomic mass is 35.5. The molecule has 13 heavy (non-hydrogen) atoms. The van der Waals surface area contributed by atoms with Crippen molar-refractivity contribution in [3.05, 3.63) is 28.8 Å². The largest absolute Gasteiger partial charge is 0.241 e. The van der Waals surface area contributed by atoms with Gasteiger partial charge in [0, 0.05) is 0 Å². The van der Waals surface area contributed by atoms with Crippen LogP contribution in [0.1, 0.15) is 5.56 Å². The van der Waals surface area contributed by atoms with Crippen LogP contribution in [0.3, 0.4) is 0 Å². The van der Waals surface area contributed by atoms with Gasteiger partial charge in [0.2, 0.25) is 10.0 Å². The predicted molar refractivity (Wildman–Crippen MR) is 52.4 cm³/mol. The lowest BCUT2D eigenvalue weighted by molar-refractivity contribution is 0.588. The molecule has 0 bridgehead atoms. The normalized spacial score (nSPS) is 11.6. The molecule has 0 fully saturated rings. The molecular weight excluding hydrogens is 210 g/mol. The third-order valence-electron chi connectivity index (χ3n) is 1.65. The third-order valence-corrected chi connectivity index (χ3v) is 3.54. The van der Waals surface area contributed by atoms with Gasteiger partial charge in [-0.25, -0.2) is 13.1 Å². The second-order valence-electron chi connectivity index (χ2n) is 2.64. The van der Waals surface area contributed by atoms with Gasteiger partial charge in [0.15, 0.2) is 0 Å². The molecule has 0 unspecified atom stereocenters. The highest BCUT2D eigenvalue weighted by molar-refractivity contribution is 7.89. The first-order chi connectivity index (χ1) is 5.97. The van der Waals surface area contributed by atoms with Crippen LogP contribution in [-0.4, -0.2) is 15.5 Å². The molecule has 0 aliphatic carbocycles. The zero-order valence-corrected chi connectivity index (χ0v) is 8.91. The maximum absolute atomic E-state index is 11.3. The molecule has 1 aromatic rings. The summed E-state index contributed by atoms with van der Waals surface area (Å²) < 4.78 is 24.9. The maximum Gasteiger partial charge on any atom is 0.241 e. The van der Waals surface area contributed by atoms with Crippen LogP contribution in [0, 0.1) is 6.92 Å². The van der Waals surface area contributed by atoms with Gasteiger partial charge in [0.1, 0.15) is 4.90 Å². The van der Waals surface area contributed by atoms with Crippen molar-refractivity contribution in [1.82, 2.24) is 4.72 Å². The van der Waals surface area contributed by atoms with E-state index in [0.29, 0.717) is 0 Å². The summed E-state index contributed by atoms with van der Waals surface area (Å²) in [6.45, 7) is 1.85. The van der Waals surface area contributed by atoms with E-state index in [4.69, 9.17) is 11.6 Å². The molecule has 0 heterocycles. The lowest BCUT2D eigenvalue weighted by atomic mass is 10.2. The van der Waals surface area contributed by atoms with E-state index in [0.717, 1.165) is 5.56 Å². The van der Waals surface area contributed by atoms with Gasteiger partial charge < -0.3 is 0 Å². The van der Waals surface area contributed by atoms with E-state index in [1.54, 1.807) is 12.1 Å². The standard InChI is InChI=1S/C8H10ClNO2S/c1-6-3-4-8(7(9)5-6)13(11,12)10-2/h3-5,10H,1-2H3. The maximum atomic E-state index is 11.3. The SMILES string of the molecule is CNS(=O)(=O)c1ccc(C)cc1Cl. The van der Waals surface area contributed by atoms with E-state index in [1.165, 1.54) is 13.1 Å². The molecule has 5 heteroatoms. The number of hydrogen-bond donors (Lipinski definition) is 1. The summed E-state index contributed by atoms with van der Waals surface area (Å²) in [4.78, 5) is 0.113. The topological polar surface area (TPSA) is 46.2 Å². The summed E-state index contributed by atoms with van der Waals surface area (Å²) in [7, 11) is -2.07. The minimum absolute atomic E-state index is 0.113.